The van der Waals surface area contributed by atoms with Crippen LogP contribution >= 0.6 is 12.6 Å². The van der Waals surface area contributed by atoms with Gasteiger partial charge < -0.3 is 0 Å². The second kappa shape index (κ2) is 1.87. The largest absolute Gasteiger partial charge is 0.248 e. The number of halogens is 2. The lowest BCUT2D eigenvalue weighted by molar-refractivity contribution is -0.103. The summed E-state index contributed by atoms with van der Waals surface area (Å²) >= 11 is 3.89. The predicted molar refractivity (Wildman–Crippen MR) is 31.5 cm³/mol. The Kier molecular flexibility index (Phi) is 1.48. The summed E-state index contributed by atoms with van der Waals surface area (Å²) in [5, 5.41) is 0. The molecular weight excluding hydrogens is 130 g/mol. The van der Waals surface area contributed by atoms with Crippen LogP contribution in [0.3, 0.4) is 0 Å². The Labute approximate surface area is 52.7 Å². The van der Waals surface area contributed by atoms with Gasteiger partial charge in [-0.2, -0.15) is 12.6 Å². The summed E-state index contributed by atoms with van der Waals surface area (Å²) < 4.78 is 23.9. The van der Waals surface area contributed by atoms with E-state index in [0.717, 1.165) is 0 Å². The molecular formula is C5H8F2S. The Morgan fingerprint density at radius 1 is 1.50 bits per heavy atom. The first kappa shape index (κ1) is 6.33. The molecule has 0 aromatic carbocycles. The van der Waals surface area contributed by atoms with Gasteiger partial charge in [0.25, 0.3) is 0 Å². The van der Waals surface area contributed by atoms with Crippen molar-refractivity contribution < 1.29 is 8.78 Å². The summed E-state index contributed by atoms with van der Waals surface area (Å²) in [6.07, 6.45) is 0.104. The van der Waals surface area contributed by atoms with E-state index >= 15 is 0 Å². The van der Waals surface area contributed by atoms with E-state index in [1.54, 1.807) is 0 Å². The van der Waals surface area contributed by atoms with E-state index in [4.69, 9.17) is 0 Å². The summed E-state index contributed by atoms with van der Waals surface area (Å²) in [5.74, 6) is -1.57. The van der Waals surface area contributed by atoms with Crippen molar-refractivity contribution in [3.63, 3.8) is 0 Å². The highest BCUT2D eigenvalue weighted by atomic mass is 32.1. The van der Waals surface area contributed by atoms with E-state index in [-0.39, 0.29) is 18.8 Å². The third-order valence-corrected chi connectivity index (χ3v) is 1.95. The van der Waals surface area contributed by atoms with Gasteiger partial charge >= 0.3 is 0 Å². The van der Waals surface area contributed by atoms with Gasteiger partial charge in [-0.1, -0.05) is 0 Å². The molecule has 1 rings (SSSR count). The fourth-order valence-corrected chi connectivity index (χ4v) is 1.17. The zero-order chi connectivity index (χ0) is 6.20. The van der Waals surface area contributed by atoms with Gasteiger partial charge in [0.2, 0.25) is 5.92 Å². The van der Waals surface area contributed by atoms with E-state index in [0.29, 0.717) is 5.75 Å². The van der Waals surface area contributed by atoms with Crippen molar-refractivity contribution >= 4 is 12.6 Å². The van der Waals surface area contributed by atoms with Crippen molar-refractivity contribution in [3.8, 4) is 0 Å². The fraction of sp³-hybridized carbons (Fsp3) is 1.00. The molecule has 0 heterocycles. The number of alkyl halides is 2. The van der Waals surface area contributed by atoms with Gasteiger partial charge in [0.05, 0.1) is 0 Å². The van der Waals surface area contributed by atoms with Gasteiger partial charge in [-0.15, -0.1) is 0 Å². The van der Waals surface area contributed by atoms with Crippen LogP contribution in [0.5, 0.6) is 0 Å². The van der Waals surface area contributed by atoms with Gasteiger partial charge in [-0.05, 0) is 11.7 Å². The molecule has 1 aliphatic carbocycles. The van der Waals surface area contributed by atoms with Crippen LogP contribution < -0.4 is 0 Å². The monoisotopic (exact) mass is 138 g/mol. The lowest BCUT2D eigenvalue weighted by Crippen LogP contribution is -2.36. The van der Waals surface area contributed by atoms with Crippen LogP contribution in [0.1, 0.15) is 12.8 Å². The van der Waals surface area contributed by atoms with Gasteiger partial charge in [0.15, 0.2) is 0 Å². The predicted octanol–water partition coefficient (Wildman–Crippen LogP) is 1.96. The molecule has 3 heteroatoms. The zero-order valence-electron chi connectivity index (χ0n) is 4.40. The topological polar surface area (TPSA) is 0 Å². The molecule has 0 spiro atoms. The Hall–Kier alpha value is 0.210. The van der Waals surface area contributed by atoms with Gasteiger partial charge in [0, 0.05) is 12.8 Å². The maximum atomic E-state index is 11.9. The minimum atomic E-state index is -2.35. The molecule has 1 fully saturated rings. The van der Waals surface area contributed by atoms with Crippen molar-refractivity contribution in [1.82, 2.24) is 0 Å². The zero-order valence-corrected chi connectivity index (χ0v) is 5.30. The molecule has 0 unspecified atom stereocenters. The van der Waals surface area contributed by atoms with Crippen molar-refractivity contribution in [2.75, 3.05) is 5.75 Å². The Bertz CT molecular complexity index is 84.4. The summed E-state index contributed by atoms with van der Waals surface area (Å²) in [4.78, 5) is 0. The molecule has 8 heavy (non-hydrogen) atoms. The molecule has 0 amide bonds. The Balaban J connectivity index is 2.21. The van der Waals surface area contributed by atoms with Crippen molar-refractivity contribution in [2.45, 2.75) is 18.8 Å². The summed E-state index contributed by atoms with van der Waals surface area (Å²) in [6, 6.07) is 0. The van der Waals surface area contributed by atoms with E-state index in [9.17, 15) is 8.78 Å². The van der Waals surface area contributed by atoms with Gasteiger partial charge in [-0.3, -0.25) is 0 Å². The maximum Gasteiger partial charge on any atom is 0.248 e. The van der Waals surface area contributed by atoms with Crippen LogP contribution in [0.25, 0.3) is 0 Å². The molecule has 0 N–H and O–H groups in total. The lowest BCUT2D eigenvalue weighted by Gasteiger charge is -2.33. The molecule has 0 aromatic rings. The molecule has 0 bridgehead atoms. The number of hydrogen-bond donors (Lipinski definition) is 1. The average Bonchev–Trinajstić information content (AvgIpc) is 1.60. The number of thiol groups is 1. The first-order valence-corrected chi connectivity index (χ1v) is 3.26. The Morgan fingerprint density at radius 2 is 2.00 bits per heavy atom. The summed E-state index contributed by atoms with van der Waals surface area (Å²) in [6.45, 7) is 0. The third kappa shape index (κ3) is 1.13. The third-order valence-electron chi connectivity index (χ3n) is 1.43. The van der Waals surface area contributed by atoms with Crippen LogP contribution in [0, 0.1) is 5.92 Å². The molecule has 1 aliphatic rings. The van der Waals surface area contributed by atoms with Crippen LogP contribution in [0.15, 0.2) is 0 Å². The van der Waals surface area contributed by atoms with Crippen molar-refractivity contribution in [2.24, 2.45) is 5.92 Å². The van der Waals surface area contributed by atoms with Gasteiger partial charge in [-0.25, -0.2) is 8.78 Å². The fourth-order valence-electron chi connectivity index (χ4n) is 0.914. The lowest BCUT2D eigenvalue weighted by atomic mass is 9.83. The molecule has 0 saturated heterocycles. The quantitative estimate of drug-likeness (QED) is 0.526. The molecule has 0 aromatic heterocycles. The highest BCUT2D eigenvalue weighted by Gasteiger charge is 2.44. The number of hydrogen-bond acceptors (Lipinski definition) is 1. The second-order valence-electron chi connectivity index (χ2n) is 2.31. The first-order valence-electron chi connectivity index (χ1n) is 2.63. The van der Waals surface area contributed by atoms with Crippen LogP contribution in [0.2, 0.25) is 0 Å². The molecule has 0 radical (unpaired) electrons. The second-order valence-corrected chi connectivity index (χ2v) is 2.68. The molecule has 48 valence electrons. The maximum absolute atomic E-state index is 11.9. The number of rotatable bonds is 1. The SMILES string of the molecule is FC1(F)CC(CS)C1. The molecule has 1 saturated carbocycles. The highest BCUT2D eigenvalue weighted by molar-refractivity contribution is 7.80. The normalized spacial score (nSPS) is 27.4. The van der Waals surface area contributed by atoms with E-state index in [1.165, 1.54) is 0 Å². The first-order chi connectivity index (χ1) is 3.64. The van der Waals surface area contributed by atoms with E-state index in [2.05, 4.69) is 12.6 Å². The standard InChI is InChI=1S/C5H8F2S/c6-5(7)1-4(2-5)3-8/h4,8H,1-3H2. The summed E-state index contributed by atoms with van der Waals surface area (Å²) in [7, 11) is 0. The highest BCUT2D eigenvalue weighted by Crippen LogP contribution is 2.42. The van der Waals surface area contributed by atoms with Crippen molar-refractivity contribution in [1.29, 1.82) is 0 Å². The van der Waals surface area contributed by atoms with E-state index < -0.39 is 5.92 Å². The van der Waals surface area contributed by atoms with Crippen LogP contribution in [-0.2, 0) is 0 Å². The molecule has 0 nitrogen and oxygen atoms in total. The smallest absolute Gasteiger partial charge is 0.207 e. The van der Waals surface area contributed by atoms with Crippen LogP contribution in [0.4, 0.5) is 8.78 Å². The van der Waals surface area contributed by atoms with Gasteiger partial charge in [0.1, 0.15) is 0 Å². The van der Waals surface area contributed by atoms with E-state index in [1.807, 2.05) is 0 Å². The van der Waals surface area contributed by atoms with Crippen molar-refractivity contribution in [3.05, 3.63) is 0 Å². The minimum Gasteiger partial charge on any atom is -0.207 e. The molecule has 0 atom stereocenters. The Morgan fingerprint density at radius 3 is 2.12 bits per heavy atom. The minimum absolute atomic E-state index is 0.0521. The van der Waals surface area contributed by atoms with Crippen LogP contribution in [-0.4, -0.2) is 11.7 Å². The summed E-state index contributed by atoms with van der Waals surface area (Å²) in [5.41, 5.74) is 0. The average molecular weight is 138 g/mol. The molecule has 0 aliphatic heterocycles.